The second kappa shape index (κ2) is 4.01. The Kier molecular flexibility index (Phi) is 2.34. The summed E-state index contributed by atoms with van der Waals surface area (Å²) < 4.78 is 7.87. The highest BCUT2D eigenvalue weighted by Gasteiger charge is 2.13. The molecule has 0 amide bonds. The van der Waals surface area contributed by atoms with Gasteiger partial charge in [-0.25, -0.2) is 4.98 Å². The predicted octanol–water partition coefficient (Wildman–Crippen LogP) is 3.85. The number of nitrogens with zero attached hydrogens (tertiary/aromatic N) is 3. The molecule has 0 aliphatic heterocycles. The molecule has 0 N–H and O–H groups in total. The maximum absolute atomic E-state index is 5.66. The number of benzene rings is 2. The van der Waals surface area contributed by atoms with Crippen molar-refractivity contribution in [1.29, 1.82) is 0 Å². The van der Waals surface area contributed by atoms with Gasteiger partial charge in [0.1, 0.15) is 5.52 Å². The first kappa shape index (κ1) is 12.3. The minimum atomic E-state index is 0.707. The fourth-order valence-corrected chi connectivity index (χ4v) is 3.01. The normalized spacial score (nSPS) is 11.8. The highest BCUT2D eigenvalue weighted by Crippen LogP contribution is 2.33. The van der Waals surface area contributed by atoms with E-state index >= 15 is 0 Å². The van der Waals surface area contributed by atoms with Crippen molar-refractivity contribution in [2.75, 3.05) is 19.0 Å². The van der Waals surface area contributed by atoms with E-state index in [2.05, 4.69) is 65.9 Å². The Morgan fingerprint density at radius 3 is 2.57 bits per heavy atom. The van der Waals surface area contributed by atoms with Gasteiger partial charge in [-0.15, -0.1) is 0 Å². The van der Waals surface area contributed by atoms with Crippen LogP contribution in [0.25, 0.3) is 32.9 Å². The van der Waals surface area contributed by atoms with Gasteiger partial charge >= 0.3 is 0 Å². The van der Waals surface area contributed by atoms with Crippen LogP contribution in [-0.4, -0.2) is 23.6 Å². The van der Waals surface area contributed by atoms with E-state index in [4.69, 9.17) is 4.42 Å². The molecule has 21 heavy (non-hydrogen) atoms. The molecule has 4 rings (SSSR count). The second-order valence-corrected chi connectivity index (χ2v) is 5.72. The number of anilines is 1. The van der Waals surface area contributed by atoms with Gasteiger partial charge in [0, 0.05) is 56.1 Å². The summed E-state index contributed by atoms with van der Waals surface area (Å²) in [6, 6.07) is 10.8. The lowest BCUT2D eigenvalue weighted by Crippen LogP contribution is -2.08. The number of fused-ring (bicyclic) bond motifs is 4. The summed E-state index contributed by atoms with van der Waals surface area (Å²) in [5.41, 5.74) is 5.36. The number of aryl methyl sites for hydroxylation is 2. The number of aromatic nitrogens is 2. The number of rotatable bonds is 1. The molecule has 2 aromatic heterocycles. The number of hydrogen-bond donors (Lipinski definition) is 0. The van der Waals surface area contributed by atoms with E-state index in [-0.39, 0.29) is 0 Å². The van der Waals surface area contributed by atoms with Gasteiger partial charge in [-0.1, -0.05) is 0 Å². The molecule has 0 bridgehead atoms. The Morgan fingerprint density at radius 2 is 1.81 bits per heavy atom. The quantitative estimate of drug-likeness (QED) is 0.531. The van der Waals surface area contributed by atoms with Crippen molar-refractivity contribution in [1.82, 2.24) is 9.55 Å². The van der Waals surface area contributed by atoms with Gasteiger partial charge in [0.2, 0.25) is 0 Å². The third-order valence-electron chi connectivity index (χ3n) is 4.12. The van der Waals surface area contributed by atoms with Crippen LogP contribution < -0.4 is 4.90 Å². The van der Waals surface area contributed by atoms with Crippen LogP contribution in [0.2, 0.25) is 0 Å². The molecule has 4 aromatic rings. The monoisotopic (exact) mass is 279 g/mol. The van der Waals surface area contributed by atoms with E-state index in [9.17, 15) is 0 Å². The van der Waals surface area contributed by atoms with Gasteiger partial charge in [0.05, 0.1) is 5.52 Å². The predicted molar refractivity (Wildman–Crippen MR) is 87.1 cm³/mol. The Balaban J connectivity index is 2.17. The van der Waals surface area contributed by atoms with E-state index in [0.29, 0.717) is 5.89 Å². The molecule has 0 atom stereocenters. The molecular formula is C17H17N3O. The van der Waals surface area contributed by atoms with Gasteiger partial charge in [-0.05, 0) is 24.3 Å². The van der Waals surface area contributed by atoms with Crippen molar-refractivity contribution in [3.8, 4) is 0 Å². The van der Waals surface area contributed by atoms with Crippen molar-refractivity contribution in [2.24, 2.45) is 7.05 Å². The highest BCUT2D eigenvalue weighted by atomic mass is 16.3. The Hall–Kier alpha value is -2.49. The molecule has 0 unspecified atom stereocenters. The summed E-state index contributed by atoms with van der Waals surface area (Å²) in [6.07, 6.45) is 0. The maximum Gasteiger partial charge on any atom is 0.192 e. The van der Waals surface area contributed by atoms with Gasteiger partial charge in [-0.3, -0.25) is 0 Å². The van der Waals surface area contributed by atoms with Crippen LogP contribution in [0.15, 0.2) is 34.7 Å². The Labute approximate surface area is 122 Å². The molecule has 0 aliphatic rings. The molecule has 0 saturated heterocycles. The van der Waals surface area contributed by atoms with Crippen molar-refractivity contribution < 1.29 is 4.42 Å². The molecule has 4 heteroatoms. The van der Waals surface area contributed by atoms with Crippen molar-refractivity contribution >= 4 is 38.6 Å². The number of oxazole rings is 1. The van der Waals surface area contributed by atoms with Crippen molar-refractivity contribution in [3.05, 3.63) is 36.2 Å². The molecular weight excluding hydrogens is 262 g/mol. The van der Waals surface area contributed by atoms with Crippen molar-refractivity contribution in [2.45, 2.75) is 6.92 Å². The van der Waals surface area contributed by atoms with Gasteiger partial charge < -0.3 is 13.9 Å². The average Bonchev–Trinajstić information content (AvgIpc) is 2.94. The molecule has 2 aromatic carbocycles. The zero-order valence-corrected chi connectivity index (χ0v) is 12.6. The fraction of sp³-hybridized carbons (Fsp3) is 0.235. The van der Waals surface area contributed by atoms with Gasteiger partial charge in [0.25, 0.3) is 0 Å². The van der Waals surface area contributed by atoms with Crippen LogP contribution >= 0.6 is 0 Å². The minimum absolute atomic E-state index is 0.707. The lowest BCUT2D eigenvalue weighted by Gasteiger charge is -2.12. The lowest BCUT2D eigenvalue weighted by molar-refractivity contribution is 0.561. The summed E-state index contributed by atoms with van der Waals surface area (Å²) in [5.74, 6) is 0.707. The van der Waals surface area contributed by atoms with Crippen LogP contribution in [-0.2, 0) is 7.05 Å². The van der Waals surface area contributed by atoms with Gasteiger partial charge in [0.15, 0.2) is 11.5 Å². The molecule has 0 radical (unpaired) electrons. The summed E-state index contributed by atoms with van der Waals surface area (Å²) in [6.45, 7) is 1.88. The Bertz CT molecular complexity index is 992. The van der Waals surface area contributed by atoms with E-state index in [1.54, 1.807) is 0 Å². The maximum atomic E-state index is 5.66. The zero-order valence-electron chi connectivity index (χ0n) is 12.6. The summed E-state index contributed by atoms with van der Waals surface area (Å²) in [7, 11) is 6.21. The third-order valence-corrected chi connectivity index (χ3v) is 4.12. The molecule has 106 valence electrons. The molecule has 0 fully saturated rings. The van der Waals surface area contributed by atoms with Crippen LogP contribution in [0.3, 0.4) is 0 Å². The standard InChI is InChI=1S/C17H17N3O/c1-10-18-14-8-13-12-7-11(19(2)3)5-6-15(12)20(4)16(13)9-17(14)21-10/h5-9H,1-4H3. The summed E-state index contributed by atoms with van der Waals surface area (Å²) in [4.78, 5) is 6.57. The molecule has 0 saturated carbocycles. The molecule has 0 aliphatic carbocycles. The van der Waals surface area contributed by atoms with Crippen molar-refractivity contribution in [3.63, 3.8) is 0 Å². The van der Waals surface area contributed by atoms with Crippen LogP contribution in [0, 0.1) is 6.92 Å². The fourth-order valence-electron chi connectivity index (χ4n) is 3.01. The lowest BCUT2D eigenvalue weighted by atomic mass is 10.1. The van der Waals surface area contributed by atoms with E-state index in [1.807, 2.05) is 6.92 Å². The van der Waals surface area contributed by atoms with Crippen LogP contribution in [0.4, 0.5) is 5.69 Å². The number of hydrogen-bond acceptors (Lipinski definition) is 3. The smallest absolute Gasteiger partial charge is 0.192 e. The topological polar surface area (TPSA) is 34.2 Å². The van der Waals surface area contributed by atoms with Gasteiger partial charge in [-0.2, -0.15) is 0 Å². The second-order valence-electron chi connectivity index (χ2n) is 5.72. The first-order chi connectivity index (χ1) is 10.0. The highest BCUT2D eigenvalue weighted by molar-refractivity contribution is 6.12. The average molecular weight is 279 g/mol. The third kappa shape index (κ3) is 1.65. The largest absolute Gasteiger partial charge is 0.441 e. The summed E-state index contributed by atoms with van der Waals surface area (Å²) >= 11 is 0. The molecule has 4 nitrogen and oxygen atoms in total. The Morgan fingerprint density at radius 1 is 1.05 bits per heavy atom. The van der Waals surface area contributed by atoms with E-state index in [0.717, 1.165) is 11.1 Å². The SMILES string of the molecule is Cc1nc2cc3c4cc(N(C)C)ccc4n(C)c3cc2o1. The first-order valence-electron chi connectivity index (χ1n) is 7.01. The zero-order chi connectivity index (χ0) is 14.7. The minimum Gasteiger partial charge on any atom is -0.441 e. The molecule has 0 spiro atoms. The van der Waals surface area contributed by atoms with Crippen LogP contribution in [0.1, 0.15) is 5.89 Å². The van der Waals surface area contributed by atoms with E-state index < -0.39 is 0 Å². The molecule has 2 heterocycles. The van der Waals surface area contributed by atoms with E-state index in [1.165, 1.54) is 27.5 Å². The summed E-state index contributed by atoms with van der Waals surface area (Å²) in [5, 5.41) is 2.47. The first-order valence-corrected chi connectivity index (χ1v) is 7.01. The van der Waals surface area contributed by atoms with Crippen LogP contribution in [0.5, 0.6) is 0 Å².